The number of nitrogens with one attached hydrogen (secondary N) is 5. The second-order valence-electron chi connectivity index (χ2n) is 9.32. The largest absolute Gasteiger partial charge is 0.433 e. The molecule has 0 saturated carbocycles. The summed E-state index contributed by atoms with van der Waals surface area (Å²) in [6.45, 7) is 2.60. The van der Waals surface area contributed by atoms with Crippen molar-refractivity contribution in [1.82, 2.24) is 40.5 Å². The minimum absolute atomic E-state index is 0.142. The molecule has 210 valence electrons. The first-order valence-corrected chi connectivity index (χ1v) is 12.4. The molecule has 1 saturated heterocycles. The Bertz CT molecular complexity index is 1550. The second kappa shape index (κ2) is 10.9. The summed E-state index contributed by atoms with van der Waals surface area (Å²) in [6.07, 6.45) is 0.561. The van der Waals surface area contributed by atoms with Crippen LogP contribution >= 0.6 is 0 Å². The summed E-state index contributed by atoms with van der Waals surface area (Å²) in [5, 5.41) is 26.6. The summed E-state index contributed by atoms with van der Waals surface area (Å²) < 4.78 is 41.6. The van der Waals surface area contributed by atoms with E-state index < -0.39 is 24.0 Å². The average Bonchev–Trinajstić information content (AvgIpc) is 3.66. The number of β-amino-alcohol motifs (C(OH)–C–C–N with tert-alkyl or cyclic N) is 1. The number of carbonyl (C=O) groups excluding carboxylic acids is 2. The molecule has 5 rings (SSSR count). The topological polar surface area (TPSA) is 161 Å². The predicted octanol–water partition coefficient (Wildman–Crippen LogP) is 1.76. The Morgan fingerprint density at radius 3 is 2.70 bits per heavy atom. The van der Waals surface area contributed by atoms with Crippen LogP contribution in [0, 0.1) is 6.92 Å². The standard InChI is InChI=1S/C25H26F3N9O3/c1-13-8-14(2-3-16(13)23(39)30-4-5-31-24(40)18-9-15(38)10-32-18)35-21-22-33-12-19(37(22)7-6-29-21)17-11-34-36-20(17)25(26,27)28/h2-3,6-8,11-12,15,18,32,38H,4-5,9-10H2,1H3,(H,29,35)(H,30,39)(H,31,40)(H,34,36)/t15-,18+/m1/s1. The van der Waals surface area contributed by atoms with Crippen molar-refractivity contribution in [2.24, 2.45) is 0 Å². The maximum atomic E-state index is 13.4. The number of hydrogen-bond acceptors (Lipinski definition) is 8. The Labute approximate surface area is 225 Å². The molecule has 0 radical (unpaired) electrons. The number of carbonyl (C=O) groups is 2. The normalized spacial score (nSPS) is 17.2. The van der Waals surface area contributed by atoms with Crippen molar-refractivity contribution in [3.8, 4) is 11.3 Å². The van der Waals surface area contributed by atoms with Gasteiger partial charge in [-0.3, -0.25) is 19.1 Å². The number of aryl methyl sites for hydroxylation is 1. The number of rotatable bonds is 8. The SMILES string of the molecule is Cc1cc(Nc2nccn3c(-c4cn[nH]c4C(F)(F)F)cnc23)ccc1C(=O)NCCNC(=O)[C@@H]1C[C@@H](O)CN1. The fraction of sp³-hybridized carbons (Fsp3) is 0.320. The summed E-state index contributed by atoms with van der Waals surface area (Å²) in [5.74, 6) is -0.231. The van der Waals surface area contributed by atoms with Crippen molar-refractivity contribution in [1.29, 1.82) is 0 Å². The van der Waals surface area contributed by atoms with Crippen molar-refractivity contribution >= 4 is 29.0 Å². The number of H-pyrrole nitrogens is 1. The molecule has 0 bridgehead atoms. The molecule has 3 aromatic heterocycles. The van der Waals surface area contributed by atoms with Gasteiger partial charge in [-0.2, -0.15) is 18.3 Å². The number of aromatic amines is 1. The number of imidazole rings is 1. The molecular formula is C25H26F3N9O3. The number of fused-ring (bicyclic) bond motifs is 1. The van der Waals surface area contributed by atoms with Crippen molar-refractivity contribution in [3.63, 3.8) is 0 Å². The van der Waals surface area contributed by atoms with Crippen molar-refractivity contribution in [2.45, 2.75) is 31.7 Å². The van der Waals surface area contributed by atoms with Gasteiger partial charge in [0.2, 0.25) is 5.91 Å². The van der Waals surface area contributed by atoms with Crippen LogP contribution in [0.5, 0.6) is 0 Å². The molecular weight excluding hydrogens is 531 g/mol. The zero-order valence-corrected chi connectivity index (χ0v) is 21.2. The van der Waals surface area contributed by atoms with Crippen LogP contribution in [0.25, 0.3) is 16.9 Å². The molecule has 4 heterocycles. The summed E-state index contributed by atoms with van der Waals surface area (Å²) >= 11 is 0. The lowest BCUT2D eigenvalue weighted by atomic mass is 10.1. The third-order valence-electron chi connectivity index (χ3n) is 6.49. The number of nitrogens with zero attached hydrogens (tertiary/aromatic N) is 4. The molecule has 1 aromatic carbocycles. The number of alkyl halides is 3. The molecule has 0 aliphatic carbocycles. The minimum Gasteiger partial charge on any atom is -0.392 e. The molecule has 12 nitrogen and oxygen atoms in total. The average molecular weight is 558 g/mol. The molecule has 0 unspecified atom stereocenters. The van der Waals surface area contributed by atoms with E-state index in [-0.39, 0.29) is 36.2 Å². The lowest BCUT2D eigenvalue weighted by molar-refractivity contribution is -0.140. The van der Waals surface area contributed by atoms with Crippen LogP contribution in [0.15, 0.2) is 43.0 Å². The molecule has 1 fully saturated rings. The highest BCUT2D eigenvalue weighted by molar-refractivity contribution is 5.96. The zero-order valence-electron chi connectivity index (χ0n) is 21.2. The number of amides is 2. The zero-order chi connectivity index (χ0) is 28.4. The van der Waals surface area contributed by atoms with Gasteiger partial charge in [0.05, 0.1) is 35.8 Å². The third kappa shape index (κ3) is 5.60. The first-order valence-electron chi connectivity index (χ1n) is 12.4. The van der Waals surface area contributed by atoms with Gasteiger partial charge in [-0.1, -0.05) is 0 Å². The van der Waals surface area contributed by atoms with Crippen LogP contribution in [0.3, 0.4) is 0 Å². The molecule has 15 heteroatoms. The number of anilines is 2. The number of hydrogen-bond donors (Lipinski definition) is 6. The molecule has 4 aromatic rings. The van der Waals surface area contributed by atoms with E-state index in [9.17, 15) is 27.9 Å². The third-order valence-corrected chi connectivity index (χ3v) is 6.49. The number of benzene rings is 1. The predicted molar refractivity (Wildman–Crippen MR) is 138 cm³/mol. The lowest BCUT2D eigenvalue weighted by Crippen LogP contribution is -2.43. The van der Waals surface area contributed by atoms with Gasteiger partial charge in [0, 0.05) is 43.3 Å². The van der Waals surface area contributed by atoms with Crippen molar-refractivity contribution in [2.75, 3.05) is 25.0 Å². The summed E-state index contributed by atoms with van der Waals surface area (Å²) in [6, 6.07) is 4.60. The number of aliphatic hydroxyl groups is 1. The quantitative estimate of drug-likeness (QED) is 0.179. The lowest BCUT2D eigenvalue weighted by Gasteiger charge is -2.13. The molecule has 2 atom stereocenters. The monoisotopic (exact) mass is 557 g/mol. The maximum Gasteiger partial charge on any atom is 0.433 e. The first-order chi connectivity index (χ1) is 19.1. The van der Waals surface area contributed by atoms with E-state index in [4.69, 9.17) is 0 Å². The minimum atomic E-state index is -4.61. The van der Waals surface area contributed by atoms with Crippen LogP contribution in [0.1, 0.15) is 28.0 Å². The number of aliphatic hydroxyl groups excluding tert-OH is 1. The fourth-order valence-electron chi connectivity index (χ4n) is 4.53. The van der Waals surface area contributed by atoms with Gasteiger partial charge < -0.3 is 26.4 Å². The Hall–Kier alpha value is -4.50. The highest BCUT2D eigenvalue weighted by Crippen LogP contribution is 2.36. The smallest absolute Gasteiger partial charge is 0.392 e. The van der Waals surface area contributed by atoms with Crippen LogP contribution in [0.4, 0.5) is 24.7 Å². The van der Waals surface area contributed by atoms with Gasteiger partial charge in [0.1, 0.15) is 5.69 Å². The van der Waals surface area contributed by atoms with Crippen LogP contribution < -0.4 is 21.3 Å². The Morgan fingerprint density at radius 1 is 1.18 bits per heavy atom. The summed E-state index contributed by atoms with van der Waals surface area (Å²) in [5.41, 5.74) is 1.08. The van der Waals surface area contributed by atoms with E-state index in [2.05, 4.69) is 36.3 Å². The number of aromatic nitrogens is 5. The maximum absolute atomic E-state index is 13.4. The fourth-order valence-corrected chi connectivity index (χ4v) is 4.53. The van der Waals surface area contributed by atoms with E-state index in [0.29, 0.717) is 41.2 Å². The van der Waals surface area contributed by atoms with Gasteiger partial charge in [0.25, 0.3) is 5.91 Å². The van der Waals surface area contributed by atoms with Crippen molar-refractivity contribution < 1.29 is 27.9 Å². The van der Waals surface area contributed by atoms with Gasteiger partial charge in [-0.25, -0.2) is 9.97 Å². The van der Waals surface area contributed by atoms with Gasteiger partial charge in [-0.05, 0) is 37.1 Å². The summed E-state index contributed by atoms with van der Waals surface area (Å²) in [7, 11) is 0. The van der Waals surface area contributed by atoms with E-state index in [1.54, 1.807) is 25.1 Å². The first kappa shape index (κ1) is 27.1. The Kier molecular flexibility index (Phi) is 7.40. The van der Waals surface area contributed by atoms with E-state index in [1.165, 1.54) is 23.0 Å². The van der Waals surface area contributed by atoms with Crippen LogP contribution in [-0.2, 0) is 11.0 Å². The van der Waals surface area contributed by atoms with Crippen molar-refractivity contribution in [3.05, 3.63) is 59.8 Å². The Balaban J connectivity index is 1.23. The molecule has 0 spiro atoms. The van der Waals surface area contributed by atoms with Crippen LogP contribution in [-0.4, -0.2) is 73.3 Å². The molecule has 2 amide bonds. The van der Waals surface area contributed by atoms with Crippen LogP contribution in [0.2, 0.25) is 0 Å². The van der Waals surface area contributed by atoms with Gasteiger partial charge >= 0.3 is 6.18 Å². The van der Waals surface area contributed by atoms with Gasteiger partial charge in [0.15, 0.2) is 11.5 Å². The molecule has 1 aliphatic rings. The van der Waals surface area contributed by atoms with E-state index in [1.807, 2.05) is 5.10 Å². The van der Waals surface area contributed by atoms with E-state index in [0.717, 1.165) is 6.20 Å². The molecule has 1 aliphatic heterocycles. The number of halogens is 3. The molecule has 40 heavy (non-hydrogen) atoms. The molecule has 6 N–H and O–H groups in total. The summed E-state index contributed by atoms with van der Waals surface area (Å²) in [4.78, 5) is 33.3. The van der Waals surface area contributed by atoms with E-state index >= 15 is 0 Å². The highest BCUT2D eigenvalue weighted by Gasteiger charge is 2.36. The second-order valence-corrected chi connectivity index (χ2v) is 9.32. The highest BCUT2D eigenvalue weighted by atomic mass is 19.4. The Morgan fingerprint density at radius 2 is 1.98 bits per heavy atom. The van der Waals surface area contributed by atoms with Gasteiger partial charge in [-0.15, -0.1) is 0 Å².